The molecule has 0 saturated carbocycles. The van der Waals surface area contributed by atoms with Crippen LogP contribution in [0.2, 0.25) is 0 Å². The number of aromatic amines is 1. The van der Waals surface area contributed by atoms with E-state index in [0.29, 0.717) is 28.4 Å². The fourth-order valence-electron chi connectivity index (χ4n) is 4.90. The van der Waals surface area contributed by atoms with E-state index in [1.54, 1.807) is 12.1 Å². The van der Waals surface area contributed by atoms with Crippen LogP contribution >= 0.6 is 11.3 Å². The van der Waals surface area contributed by atoms with Crippen molar-refractivity contribution in [3.05, 3.63) is 51.4 Å². The number of nitrogens with one attached hydrogen (secondary N) is 3. The van der Waals surface area contributed by atoms with Crippen LogP contribution in [0.3, 0.4) is 0 Å². The number of fused-ring (bicyclic) bond motifs is 2. The Morgan fingerprint density at radius 2 is 1.95 bits per heavy atom. The lowest BCUT2D eigenvalue weighted by Crippen LogP contribution is -2.61. The molecule has 4 N–H and O–H groups in total. The Bertz CT molecular complexity index is 1350. The smallest absolute Gasteiger partial charge is 0.407 e. The lowest BCUT2D eigenvalue weighted by molar-refractivity contribution is 0.0792. The van der Waals surface area contributed by atoms with Crippen LogP contribution in [0.4, 0.5) is 9.18 Å². The number of H-pyrrole nitrogens is 1. The maximum atomic E-state index is 13.6. The molecule has 2 atom stereocenters. The monoisotopic (exact) mass is 528 g/mol. The molecule has 0 spiro atoms. The Morgan fingerprint density at radius 3 is 2.70 bits per heavy atom. The molecule has 1 saturated heterocycles. The summed E-state index contributed by atoms with van der Waals surface area (Å²) >= 11 is 1.36. The SMILES string of the molecule is CC(C)N1CCc2nc(C(=O)N[C@@H]3CN(C(=O)O)CC[C@@H]3NC(=O)c3cc4cc(F)ccc4[nH]3)sc2C1. The third kappa shape index (κ3) is 5.30. The van der Waals surface area contributed by atoms with Gasteiger partial charge in [0.25, 0.3) is 11.8 Å². The number of carbonyl (C=O) groups excluding carboxylic acids is 2. The van der Waals surface area contributed by atoms with Crippen molar-refractivity contribution in [1.82, 2.24) is 30.4 Å². The molecule has 0 bridgehead atoms. The summed E-state index contributed by atoms with van der Waals surface area (Å²) in [7, 11) is 0. The summed E-state index contributed by atoms with van der Waals surface area (Å²) in [6.45, 7) is 6.18. The third-order valence-corrected chi connectivity index (χ3v) is 8.11. The summed E-state index contributed by atoms with van der Waals surface area (Å²) in [4.78, 5) is 50.0. The number of carboxylic acid groups (broad SMARTS) is 1. The highest BCUT2D eigenvalue weighted by atomic mass is 32.1. The lowest BCUT2D eigenvalue weighted by atomic mass is 9.99. The average molecular weight is 529 g/mol. The van der Waals surface area contributed by atoms with Crippen molar-refractivity contribution < 1.29 is 23.9 Å². The molecule has 2 aliphatic heterocycles. The van der Waals surface area contributed by atoms with Crippen molar-refractivity contribution >= 4 is 40.1 Å². The van der Waals surface area contributed by atoms with Crippen LogP contribution in [0.15, 0.2) is 24.3 Å². The molecular weight excluding hydrogens is 499 g/mol. The number of halogens is 1. The van der Waals surface area contributed by atoms with E-state index in [1.807, 2.05) is 0 Å². The molecule has 4 heterocycles. The minimum absolute atomic E-state index is 0.0378. The third-order valence-electron chi connectivity index (χ3n) is 7.03. The molecule has 3 amide bonds. The maximum Gasteiger partial charge on any atom is 0.407 e. The molecule has 0 aliphatic carbocycles. The number of thiazole rings is 1. The Kier molecular flexibility index (Phi) is 6.86. The average Bonchev–Trinajstić information content (AvgIpc) is 3.48. The van der Waals surface area contributed by atoms with E-state index < -0.39 is 29.9 Å². The summed E-state index contributed by atoms with van der Waals surface area (Å²) in [5.41, 5.74) is 1.82. The van der Waals surface area contributed by atoms with E-state index in [1.165, 1.54) is 28.4 Å². The Labute approximate surface area is 216 Å². The van der Waals surface area contributed by atoms with Gasteiger partial charge in [-0.05, 0) is 44.5 Å². The highest BCUT2D eigenvalue weighted by Crippen LogP contribution is 2.26. The molecule has 0 unspecified atom stereocenters. The van der Waals surface area contributed by atoms with Crippen molar-refractivity contribution in [3.63, 3.8) is 0 Å². The molecule has 10 nitrogen and oxygen atoms in total. The molecule has 1 aromatic carbocycles. The first-order chi connectivity index (χ1) is 17.7. The van der Waals surface area contributed by atoms with Gasteiger partial charge in [0.15, 0.2) is 5.01 Å². The molecule has 5 rings (SSSR count). The Balaban J connectivity index is 1.31. The minimum atomic E-state index is -1.08. The number of likely N-dealkylation sites (tertiary alicyclic amines) is 1. The summed E-state index contributed by atoms with van der Waals surface area (Å²) in [6.07, 6.45) is 0.0241. The standard InChI is InChI=1S/C25H29FN6O4S/c1-13(2)31-7-6-18-21(12-31)37-24(30-18)23(34)29-20-11-32(25(35)36)8-5-17(20)28-22(33)19-10-14-9-15(26)3-4-16(14)27-19/h3-4,9-10,13,17,20,27H,5-8,11-12H2,1-2H3,(H,28,33)(H,29,34)(H,35,36)/t17-,20+/m0/s1. The summed E-state index contributed by atoms with van der Waals surface area (Å²) in [5.74, 6) is -1.20. The predicted octanol–water partition coefficient (Wildman–Crippen LogP) is 2.81. The van der Waals surface area contributed by atoms with E-state index in [-0.39, 0.29) is 24.7 Å². The fourth-order valence-corrected chi connectivity index (χ4v) is 5.94. The van der Waals surface area contributed by atoms with E-state index in [0.717, 1.165) is 30.1 Å². The van der Waals surface area contributed by atoms with Gasteiger partial charge in [-0.3, -0.25) is 14.5 Å². The highest BCUT2D eigenvalue weighted by molar-refractivity contribution is 7.13. The van der Waals surface area contributed by atoms with Gasteiger partial charge in [-0.1, -0.05) is 0 Å². The number of benzene rings is 1. The second kappa shape index (κ2) is 10.1. The summed E-state index contributed by atoms with van der Waals surface area (Å²) in [5, 5.41) is 16.3. The van der Waals surface area contributed by atoms with Crippen LogP contribution in [0.5, 0.6) is 0 Å². The lowest BCUT2D eigenvalue weighted by Gasteiger charge is -2.37. The molecule has 2 aliphatic rings. The van der Waals surface area contributed by atoms with Gasteiger partial charge >= 0.3 is 6.09 Å². The topological polar surface area (TPSA) is 131 Å². The summed E-state index contributed by atoms with van der Waals surface area (Å²) in [6, 6.07) is 5.03. The predicted molar refractivity (Wildman–Crippen MR) is 136 cm³/mol. The number of hydrogen-bond acceptors (Lipinski definition) is 6. The van der Waals surface area contributed by atoms with Crippen LogP contribution in [0.25, 0.3) is 10.9 Å². The Hall–Kier alpha value is -3.51. The van der Waals surface area contributed by atoms with Crippen LogP contribution < -0.4 is 10.6 Å². The number of aromatic nitrogens is 2. The van der Waals surface area contributed by atoms with E-state index >= 15 is 0 Å². The molecular formula is C25H29FN6O4S. The first-order valence-corrected chi connectivity index (χ1v) is 13.1. The van der Waals surface area contributed by atoms with Gasteiger partial charge in [0, 0.05) is 54.4 Å². The number of piperidine rings is 1. The van der Waals surface area contributed by atoms with Crippen molar-refractivity contribution in [2.75, 3.05) is 19.6 Å². The number of nitrogens with zero attached hydrogens (tertiary/aromatic N) is 3. The van der Waals surface area contributed by atoms with Crippen molar-refractivity contribution in [2.45, 2.75) is 51.4 Å². The number of carbonyl (C=O) groups is 3. The van der Waals surface area contributed by atoms with E-state index in [4.69, 9.17) is 0 Å². The summed E-state index contributed by atoms with van der Waals surface area (Å²) < 4.78 is 13.6. The highest BCUT2D eigenvalue weighted by Gasteiger charge is 2.35. The zero-order valence-corrected chi connectivity index (χ0v) is 21.4. The largest absolute Gasteiger partial charge is 0.465 e. The van der Waals surface area contributed by atoms with Gasteiger partial charge in [-0.2, -0.15) is 0 Å². The number of rotatable bonds is 5. The van der Waals surface area contributed by atoms with Crippen molar-refractivity contribution in [2.24, 2.45) is 0 Å². The van der Waals surface area contributed by atoms with Crippen LogP contribution in [-0.2, 0) is 13.0 Å². The van der Waals surface area contributed by atoms with Crippen LogP contribution in [0.1, 0.15) is 51.1 Å². The zero-order valence-electron chi connectivity index (χ0n) is 20.6. The van der Waals surface area contributed by atoms with Crippen molar-refractivity contribution in [3.8, 4) is 0 Å². The zero-order chi connectivity index (χ0) is 26.3. The Morgan fingerprint density at radius 1 is 1.16 bits per heavy atom. The molecule has 37 heavy (non-hydrogen) atoms. The first kappa shape index (κ1) is 25.2. The molecule has 0 radical (unpaired) electrons. The second-order valence-corrected chi connectivity index (χ2v) is 10.9. The van der Waals surface area contributed by atoms with E-state index in [2.05, 4.69) is 39.3 Å². The quantitative estimate of drug-likeness (QED) is 0.403. The van der Waals surface area contributed by atoms with Crippen molar-refractivity contribution in [1.29, 1.82) is 0 Å². The van der Waals surface area contributed by atoms with Gasteiger partial charge in [-0.25, -0.2) is 14.2 Å². The minimum Gasteiger partial charge on any atom is -0.465 e. The fraction of sp³-hybridized carbons (Fsp3) is 0.440. The van der Waals surface area contributed by atoms with Crippen LogP contribution in [0, 0.1) is 5.82 Å². The van der Waals surface area contributed by atoms with E-state index in [9.17, 15) is 23.9 Å². The molecule has 196 valence electrons. The number of hydrogen-bond donors (Lipinski definition) is 4. The van der Waals surface area contributed by atoms with Gasteiger partial charge in [0.2, 0.25) is 0 Å². The molecule has 3 aromatic rings. The second-order valence-electron chi connectivity index (χ2n) is 9.79. The van der Waals surface area contributed by atoms with Gasteiger partial charge < -0.3 is 25.6 Å². The van der Waals surface area contributed by atoms with Gasteiger partial charge in [0.05, 0.1) is 17.8 Å². The molecule has 1 fully saturated rings. The van der Waals surface area contributed by atoms with Gasteiger partial charge in [-0.15, -0.1) is 11.3 Å². The normalized spacial score (nSPS) is 20.2. The first-order valence-electron chi connectivity index (χ1n) is 12.3. The molecule has 2 aromatic heterocycles. The van der Waals surface area contributed by atoms with Crippen LogP contribution in [-0.4, -0.2) is 80.5 Å². The molecule has 12 heteroatoms. The number of amides is 3. The van der Waals surface area contributed by atoms with Gasteiger partial charge in [0.1, 0.15) is 11.5 Å². The maximum absolute atomic E-state index is 13.6.